The maximum absolute atomic E-state index is 9.20. The zero-order valence-corrected chi connectivity index (χ0v) is 18.2. The summed E-state index contributed by atoms with van der Waals surface area (Å²) in [5, 5.41) is 3.61. The van der Waals surface area contributed by atoms with Crippen molar-refractivity contribution >= 4 is 28.8 Å². The van der Waals surface area contributed by atoms with Gasteiger partial charge in [0.15, 0.2) is 8.07 Å². The summed E-state index contributed by atoms with van der Waals surface area (Å²) in [5.74, 6) is 0. The average Bonchev–Trinajstić information content (AvgIpc) is 2.81. The molecule has 0 saturated heterocycles. The van der Waals surface area contributed by atoms with Crippen molar-refractivity contribution in [2.24, 2.45) is 0 Å². The van der Waals surface area contributed by atoms with E-state index in [1.165, 1.54) is 0 Å². The molecule has 0 bridgehead atoms. The summed E-state index contributed by atoms with van der Waals surface area (Å²) in [5.41, 5.74) is -0.0484. The van der Waals surface area contributed by atoms with Crippen molar-refractivity contribution in [3.63, 3.8) is 0 Å². The van der Waals surface area contributed by atoms with Gasteiger partial charge in [0.25, 0.3) is 0 Å². The van der Waals surface area contributed by atoms with Crippen molar-refractivity contribution in [2.75, 3.05) is 0 Å². The lowest BCUT2D eigenvalue weighted by Gasteiger charge is -2.34. The minimum absolute atomic E-state index is 0.0539. The van der Waals surface area contributed by atoms with E-state index in [2.05, 4.69) is 36.4 Å². The molecule has 0 nitrogen and oxygen atoms in total. The van der Waals surface area contributed by atoms with Crippen LogP contribution in [-0.4, -0.2) is 8.07 Å². The van der Waals surface area contributed by atoms with Crippen LogP contribution in [0.5, 0.6) is 0 Å². The van der Waals surface area contributed by atoms with Crippen molar-refractivity contribution in [3.05, 3.63) is 121 Å². The molecule has 0 fully saturated rings. The maximum Gasteiger partial charge on any atom is 0.179 e. The Morgan fingerprint density at radius 1 is 0.517 bits per heavy atom. The summed E-state index contributed by atoms with van der Waals surface area (Å²) < 4.78 is 36.3. The molecule has 144 valence electrons. The lowest BCUT2D eigenvalue weighted by atomic mass is 9.87. The van der Waals surface area contributed by atoms with E-state index < -0.39 is 13.5 Å². The van der Waals surface area contributed by atoms with Crippen LogP contribution in [-0.2, 0) is 5.41 Å². The van der Waals surface area contributed by atoms with E-state index in [1.807, 2.05) is 75.4 Å². The molecule has 0 amide bonds. The van der Waals surface area contributed by atoms with E-state index in [0.717, 1.165) is 15.6 Å². The topological polar surface area (TPSA) is 0 Å². The van der Waals surface area contributed by atoms with Crippen LogP contribution < -0.4 is 20.7 Å². The SMILES string of the molecule is [2H]c1c([2H])c([Si](c2ccccc2)(c2ccccc2)c2ccccc2)c([2H])c([2H])c1C(C)(C)C. The third-order valence-electron chi connectivity index (χ3n) is 5.37. The standard InChI is InChI=1S/C28H28Si/c1-28(2,3)23-19-21-27(22-20-23)29(24-13-7-4-8-14-24,25-15-9-5-10-16-25)26-17-11-6-12-18-26/h4-22H,1-3H3/i19D,20D,21D,22D. The lowest BCUT2D eigenvalue weighted by molar-refractivity contribution is 0.590. The van der Waals surface area contributed by atoms with E-state index in [-0.39, 0.29) is 24.2 Å². The number of hydrogen-bond acceptors (Lipinski definition) is 0. The molecular formula is C28H28Si. The highest BCUT2D eigenvalue weighted by molar-refractivity contribution is 7.19. The molecule has 29 heavy (non-hydrogen) atoms. The van der Waals surface area contributed by atoms with Crippen LogP contribution in [0.25, 0.3) is 0 Å². The monoisotopic (exact) mass is 396 g/mol. The van der Waals surface area contributed by atoms with E-state index >= 15 is 0 Å². The van der Waals surface area contributed by atoms with Gasteiger partial charge in [-0.1, -0.05) is 136 Å². The molecule has 0 unspecified atom stereocenters. The van der Waals surface area contributed by atoms with Gasteiger partial charge in [0.1, 0.15) is 0 Å². The molecule has 0 aliphatic heterocycles. The van der Waals surface area contributed by atoms with Gasteiger partial charge in [-0.25, -0.2) is 0 Å². The molecule has 0 atom stereocenters. The first-order chi connectivity index (χ1) is 15.7. The molecule has 0 radical (unpaired) electrons. The summed E-state index contributed by atoms with van der Waals surface area (Å²) in [4.78, 5) is 0. The average molecular weight is 397 g/mol. The Morgan fingerprint density at radius 2 is 0.862 bits per heavy atom. The molecule has 0 saturated carbocycles. The largest absolute Gasteiger partial charge is 0.179 e. The Balaban J connectivity index is 2.26. The van der Waals surface area contributed by atoms with Gasteiger partial charge >= 0.3 is 0 Å². The van der Waals surface area contributed by atoms with E-state index in [4.69, 9.17) is 2.74 Å². The Kier molecular flexibility index (Phi) is 4.06. The first kappa shape index (κ1) is 15.0. The summed E-state index contributed by atoms with van der Waals surface area (Å²) in [7, 11) is -3.15. The summed E-state index contributed by atoms with van der Waals surface area (Å²) >= 11 is 0. The molecule has 0 aliphatic carbocycles. The lowest BCUT2D eigenvalue weighted by Crippen LogP contribution is -2.74. The summed E-state index contributed by atoms with van der Waals surface area (Å²) in [6.45, 7) is 5.81. The zero-order valence-electron chi connectivity index (χ0n) is 21.2. The van der Waals surface area contributed by atoms with Crippen molar-refractivity contribution in [2.45, 2.75) is 26.2 Å². The van der Waals surface area contributed by atoms with Crippen LogP contribution in [0, 0.1) is 0 Å². The minimum atomic E-state index is -3.15. The van der Waals surface area contributed by atoms with Crippen molar-refractivity contribution in [1.82, 2.24) is 0 Å². The van der Waals surface area contributed by atoms with E-state index in [1.54, 1.807) is 0 Å². The highest BCUT2D eigenvalue weighted by Gasteiger charge is 2.41. The van der Waals surface area contributed by atoms with Gasteiger partial charge in [-0.2, -0.15) is 0 Å². The predicted octanol–water partition coefficient (Wildman–Crippen LogP) is 4.36. The zero-order chi connectivity index (χ0) is 23.8. The molecule has 4 rings (SSSR count). The Hall–Kier alpha value is -2.90. The second-order valence-electron chi connectivity index (χ2n) is 8.35. The number of hydrogen-bond donors (Lipinski definition) is 0. The quantitative estimate of drug-likeness (QED) is 0.355. The van der Waals surface area contributed by atoms with Gasteiger partial charge in [-0.3, -0.25) is 0 Å². The predicted molar refractivity (Wildman–Crippen MR) is 129 cm³/mol. The van der Waals surface area contributed by atoms with Crippen LogP contribution in [0.2, 0.25) is 0 Å². The molecule has 1 heteroatoms. The first-order valence-corrected chi connectivity index (χ1v) is 12.0. The van der Waals surface area contributed by atoms with Crippen LogP contribution in [0.3, 0.4) is 0 Å². The summed E-state index contributed by atoms with van der Waals surface area (Å²) in [6, 6.07) is 30.5. The molecule has 4 aromatic carbocycles. The van der Waals surface area contributed by atoms with Gasteiger partial charge in [-0.05, 0) is 31.7 Å². The van der Waals surface area contributed by atoms with Crippen LogP contribution in [0.15, 0.2) is 115 Å². The minimum Gasteiger partial charge on any atom is -0.0623 e. The number of rotatable bonds is 4. The number of benzene rings is 4. The van der Waals surface area contributed by atoms with Crippen molar-refractivity contribution < 1.29 is 5.48 Å². The Bertz CT molecular complexity index is 1140. The van der Waals surface area contributed by atoms with Gasteiger partial charge in [-0.15, -0.1) is 0 Å². The van der Waals surface area contributed by atoms with Gasteiger partial charge in [0, 0.05) is 0 Å². The van der Waals surface area contributed by atoms with Gasteiger partial charge in [0.05, 0.1) is 5.48 Å². The summed E-state index contributed by atoms with van der Waals surface area (Å²) in [6.07, 6.45) is 0. The first-order valence-electron chi connectivity index (χ1n) is 12.0. The fraction of sp³-hybridized carbons (Fsp3) is 0.143. The highest BCUT2D eigenvalue weighted by atomic mass is 28.3. The molecule has 4 aromatic rings. The molecule has 0 N–H and O–H groups in total. The van der Waals surface area contributed by atoms with E-state index in [9.17, 15) is 2.74 Å². The molecule has 0 spiro atoms. The molecule has 0 aliphatic rings. The van der Waals surface area contributed by atoms with Crippen LogP contribution >= 0.6 is 0 Å². The highest BCUT2D eigenvalue weighted by Crippen LogP contribution is 2.21. The second kappa shape index (κ2) is 7.85. The van der Waals surface area contributed by atoms with Crippen molar-refractivity contribution in [3.8, 4) is 0 Å². The molecule has 0 aromatic heterocycles. The van der Waals surface area contributed by atoms with Crippen LogP contribution in [0.4, 0.5) is 0 Å². The maximum atomic E-state index is 9.20. The Morgan fingerprint density at radius 3 is 1.17 bits per heavy atom. The van der Waals surface area contributed by atoms with Gasteiger partial charge < -0.3 is 0 Å². The molecular weight excluding hydrogens is 364 g/mol. The Labute approximate surface area is 181 Å². The second-order valence-corrected chi connectivity index (χ2v) is 12.1. The normalized spacial score (nSPS) is 13.9. The smallest absolute Gasteiger partial charge is 0.0623 e. The van der Waals surface area contributed by atoms with Crippen molar-refractivity contribution in [1.29, 1.82) is 0 Å². The third kappa shape index (κ3) is 3.59. The fourth-order valence-electron chi connectivity index (χ4n) is 3.87. The van der Waals surface area contributed by atoms with Crippen LogP contribution in [0.1, 0.15) is 31.8 Å². The van der Waals surface area contributed by atoms with E-state index in [0.29, 0.717) is 10.8 Å². The van der Waals surface area contributed by atoms with Gasteiger partial charge in [0.2, 0.25) is 0 Å². The molecule has 0 heterocycles. The fourth-order valence-corrected chi connectivity index (χ4v) is 8.32. The third-order valence-corrected chi connectivity index (χ3v) is 9.97.